The van der Waals surface area contributed by atoms with Crippen LogP contribution < -0.4 is 0 Å². The number of H-pyrrole nitrogens is 1. The number of aromatic amines is 1. The zero-order valence-electron chi connectivity index (χ0n) is 9.92. The molecule has 1 N–H and O–H groups in total. The van der Waals surface area contributed by atoms with Crippen molar-refractivity contribution in [2.24, 2.45) is 0 Å². The molecular weight excluding hydrogens is 192 g/mol. The minimum atomic E-state index is -0.311. The van der Waals surface area contributed by atoms with E-state index < -0.39 is 0 Å². The number of aromatic nitrogens is 2. The third-order valence-electron chi connectivity index (χ3n) is 3.38. The zero-order valence-corrected chi connectivity index (χ0v) is 9.92. The van der Waals surface area contributed by atoms with Gasteiger partial charge in [-0.05, 0) is 34.6 Å². The van der Waals surface area contributed by atoms with E-state index in [0.29, 0.717) is 0 Å². The lowest BCUT2D eigenvalue weighted by Gasteiger charge is -2.30. The van der Waals surface area contributed by atoms with Crippen LogP contribution in [0.1, 0.15) is 45.2 Å². The summed E-state index contributed by atoms with van der Waals surface area (Å²) in [6, 6.07) is 0. The first-order valence-corrected chi connectivity index (χ1v) is 5.19. The van der Waals surface area contributed by atoms with Gasteiger partial charge in [-0.2, -0.15) is 5.10 Å². The van der Waals surface area contributed by atoms with Crippen molar-refractivity contribution in [2.75, 3.05) is 0 Å². The lowest BCUT2D eigenvalue weighted by atomic mass is 9.90. The SMILES string of the molecule is Cc1[nH]ncc1C1OC(C)(C)C(C)(C)O1. The summed E-state index contributed by atoms with van der Waals surface area (Å²) in [5, 5.41) is 6.87. The zero-order chi connectivity index (χ0) is 11.3. The van der Waals surface area contributed by atoms with Crippen LogP contribution in [0.25, 0.3) is 0 Å². The van der Waals surface area contributed by atoms with Crippen molar-refractivity contribution in [3.63, 3.8) is 0 Å². The highest BCUT2D eigenvalue weighted by Gasteiger charge is 2.50. The van der Waals surface area contributed by atoms with Crippen LogP contribution in [-0.4, -0.2) is 21.4 Å². The van der Waals surface area contributed by atoms with Gasteiger partial charge in [-0.1, -0.05) is 0 Å². The maximum absolute atomic E-state index is 5.91. The lowest BCUT2D eigenvalue weighted by molar-refractivity contribution is -0.0899. The molecule has 4 nitrogen and oxygen atoms in total. The van der Waals surface area contributed by atoms with Gasteiger partial charge < -0.3 is 9.47 Å². The summed E-state index contributed by atoms with van der Waals surface area (Å²) in [6.07, 6.45) is 1.45. The van der Waals surface area contributed by atoms with E-state index in [9.17, 15) is 0 Å². The number of ether oxygens (including phenoxy) is 2. The van der Waals surface area contributed by atoms with Gasteiger partial charge in [-0.25, -0.2) is 0 Å². The molecule has 0 aromatic carbocycles. The fourth-order valence-corrected chi connectivity index (χ4v) is 1.57. The van der Waals surface area contributed by atoms with Crippen LogP contribution in [0.5, 0.6) is 0 Å². The van der Waals surface area contributed by atoms with Crippen molar-refractivity contribution in [2.45, 2.75) is 52.1 Å². The van der Waals surface area contributed by atoms with E-state index >= 15 is 0 Å². The van der Waals surface area contributed by atoms with Crippen molar-refractivity contribution in [1.82, 2.24) is 10.2 Å². The summed E-state index contributed by atoms with van der Waals surface area (Å²) in [5.41, 5.74) is 1.39. The van der Waals surface area contributed by atoms with Crippen LogP contribution in [-0.2, 0) is 9.47 Å². The van der Waals surface area contributed by atoms with Gasteiger partial charge in [0.05, 0.1) is 17.4 Å². The molecule has 2 heterocycles. The first kappa shape index (κ1) is 10.6. The van der Waals surface area contributed by atoms with Gasteiger partial charge in [0.2, 0.25) is 0 Å². The molecule has 4 heteroatoms. The van der Waals surface area contributed by atoms with E-state index in [2.05, 4.69) is 10.2 Å². The van der Waals surface area contributed by atoms with Crippen LogP contribution in [0, 0.1) is 6.92 Å². The van der Waals surface area contributed by atoms with Crippen LogP contribution >= 0.6 is 0 Å². The van der Waals surface area contributed by atoms with E-state index in [1.165, 1.54) is 0 Å². The van der Waals surface area contributed by atoms with E-state index in [-0.39, 0.29) is 17.5 Å². The molecule has 0 amide bonds. The predicted molar refractivity (Wildman–Crippen MR) is 56.4 cm³/mol. The Labute approximate surface area is 90.0 Å². The summed E-state index contributed by atoms with van der Waals surface area (Å²) in [5.74, 6) is 0. The van der Waals surface area contributed by atoms with Crippen molar-refractivity contribution in [3.8, 4) is 0 Å². The molecule has 1 aromatic heterocycles. The first-order valence-electron chi connectivity index (χ1n) is 5.19. The van der Waals surface area contributed by atoms with Crippen LogP contribution in [0.2, 0.25) is 0 Å². The Kier molecular flexibility index (Phi) is 2.17. The second-order valence-corrected chi connectivity index (χ2v) is 5.04. The number of hydrogen-bond acceptors (Lipinski definition) is 3. The highest BCUT2D eigenvalue weighted by atomic mass is 16.7. The quantitative estimate of drug-likeness (QED) is 0.773. The fourth-order valence-electron chi connectivity index (χ4n) is 1.57. The van der Waals surface area contributed by atoms with Gasteiger partial charge in [0.1, 0.15) is 0 Å². The summed E-state index contributed by atoms with van der Waals surface area (Å²) < 4.78 is 11.8. The minimum Gasteiger partial charge on any atom is -0.339 e. The number of aryl methyl sites for hydroxylation is 1. The summed E-state index contributed by atoms with van der Waals surface area (Å²) in [4.78, 5) is 0. The topological polar surface area (TPSA) is 47.1 Å². The number of hydrogen-bond donors (Lipinski definition) is 1. The van der Waals surface area contributed by atoms with Crippen LogP contribution in [0.3, 0.4) is 0 Å². The molecule has 0 unspecified atom stereocenters. The average molecular weight is 210 g/mol. The third-order valence-corrected chi connectivity index (χ3v) is 3.38. The Morgan fingerprint density at radius 1 is 1.20 bits per heavy atom. The van der Waals surface area contributed by atoms with Crippen molar-refractivity contribution >= 4 is 0 Å². The number of nitrogens with zero attached hydrogens (tertiary/aromatic N) is 1. The highest BCUT2D eigenvalue weighted by molar-refractivity contribution is 5.18. The van der Waals surface area contributed by atoms with Gasteiger partial charge in [0.15, 0.2) is 6.29 Å². The maximum Gasteiger partial charge on any atom is 0.188 e. The Hall–Kier alpha value is -0.870. The third kappa shape index (κ3) is 1.58. The summed E-state index contributed by atoms with van der Waals surface area (Å²) in [7, 11) is 0. The molecule has 84 valence electrons. The van der Waals surface area contributed by atoms with Crippen LogP contribution in [0.15, 0.2) is 6.20 Å². The summed E-state index contributed by atoms with van der Waals surface area (Å²) in [6.45, 7) is 10.1. The molecule has 0 bridgehead atoms. The molecule has 0 atom stereocenters. The minimum absolute atomic E-state index is 0.290. The lowest BCUT2D eigenvalue weighted by Crippen LogP contribution is -2.41. The number of nitrogens with one attached hydrogen (secondary N) is 1. The standard InChI is InChI=1S/C11H18N2O2/c1-7-8(6-12-13-7)9-14-10(2,3)11(4,5)15-9/h6,9H,1-5H3,(H,12,13). The average Bonchev–Trinajstić information content (AvgIpc) is 2.55. The molecule has 0 spiro atoms. The van der Waals surface area contributed by atoms with Crippen LogP contribution in [0.4, 0.5) is 0 Å². The molecule has 1 aliphatic rings. The maximum atomic E-state index is 5.91. The normalized spacial score (nSPS) is 24.6. The smallest absolute Gasteiger partial charge is 0.188 e. The van der Waals surface area contributed by atoms with E-state index in [1.807, 2.05) is 34.6 Å². The van der Waals surface area contributed by atoms with Gasteiger partial charge in [0, 0.05) is 11.3 Å². The van der Waals surface area contributed by atoms with E-state index in [4.69, 9.17) is 9.47 Å². The monoisotopic (exact) mass is 210 g/mol. The summed E-state index contributed by atoms with van der Waals surface area (Å²) >= 11 is 0. The van der Waals surface area contributed by atoms with Crippen molar-refractivity contribution < 1.29 is 9.47 Å². The number of rotatable bonds is 1. The largest absolute Gasteiger partial charge is 0.339 e. The van der Waals surface area contributed by atoms with Crippen molar-refractivity contribution in [1.29, 1.82) is 0 Å². The Balaban J connectivity index is 2.27. The Bertz CT molecular complexity index is 352. The predicted octanol–water partition coefficient (Wildman–Crippen LogP) is 2.32. The highest BCUT2D eigenvalue weighted by Crippen LogP contribution is 2.44. The molecule has 1 fully saturated rings. The molecule has 1 saturated heterocycles. The molecule has 0 radical (unpaired) electrons. The Morgan fingerprint density at radius 2 is 1.73 bits per heavy atom. The Morgan fingerprint density at radius 3 is 2.13 bits per heavy atom. The molecule has 1 aliphatic heterocycles. The molecule has 2 rings (SSSR count). The van der Waals surface area contributed by atoms with Gasteiger partial charge >= 0.3 is 0 Å². The van der Waals surface area contributed by atoms with E-state index in [0.717, 1.165) is 11.3 Å². The fraction of sp³-hybridized carbons (Fsp3) is 0.727. The van der Waals surface area contributed by atoms with Gasteiger partial charge in [-0.3, -0.25) is 5.10 Å². The second kappa shape index (κ2) is 3.06. The second-order valence-electron chi connectivity index (χ2n) is 5.04. The molecule has 0 aliphatic carbocycles. The molecular formula is C11H18N2O2. The molecule has 0 saturated carbocycles. The molecule has 1 aromatic rings. The molecule has 15 heavy (non-hydrogen) atoms. The van der Waals surface area contributed by atoms with Gasteiger partial charge in [-0.15, -0.1) is 0 Å². The van der Waals surface area contributed by atoms with E-state index in [1.54, 1.807) is 6.20 Å². The van der Waals surface area contributed by atoms with Crippen molar-refractivity contribution in [3.05, 3.63) is 17.5 Å². The first-order chi connectivity index (χ1) is 6.83. The van der Waals surface area contributed by atoms with Gasteiger partial charge in [0.25, 0.3) is 0 Å².